The summed E-state index contributed by atoms with van der Waals surface area (Å²) < 4.78 is 14.4. The van der Waals surface area contributed by atoms with E-state index in [1.54, 1.807) is 18.2 Å². The second-order valence-corrected chi connectivity index (χ2v) is 4.68. The largest absolute Gasteiger partial charge is 0.508 e. The van der Waals surface area contributed by atoms with Gasteiger partial charge in [-0.25, -0.2) is 4.39 Å². The average Bonchev–Trinajstić information content (AvgIpc) is 2.32. The number of aldehydes is 1. The van der Waals surface area contributed by atoms with Crippen molar-refractivity contribution in [1.29, 1.82) is 0 Å². The van der Waals surface area contributed by atoms with E-state index in [1.165, 1.54) is 18.2 Å². The normalized spacial score (nSPS) is 10.2. The summed E-state index contributed by atoms with van der Waals surface area (Å²) in [6.07, 6.45) is 0.741. The molecule has 0 spiro atoms. The van der Waals surface area contributed by atoms with E-state index in [4.69, 9.17) is 0 Å². The lowest BCUT2D eigenvalue weighted by Crippen LogP contribution is -1.89. The van der Waals surface area contributed by atoms with E-state index in [1.807, 2.05) is 22.6 Å². The topological polar surface area (TPSA) is 37.3 Å². The molecule has 0 saturated heterocycles. The van der Waals surface area contributed by atoms with Crippen LogP contribution in [0.2, 0.25) is 0 Å². The zero-order valence-electron chi connectivity index (χ0n) is 8.65. The summed E-state index contributed by atoms with van der Waals surface area (Å²) in [5.74, 6) is -0.392. The first kappa shape index (κ1) is 12.0. The van der Waals surface area contributed by atoms with Gasteiger partial charge < -0.3 is 5.11 Å². The minimum Gasteiger partial charge on any atom is -0.508 e. The SMILES string of the molecule is O=Cc1ccc(-c2cc(O)ccc2F)c(I)c1. The van der Waals surface area contributed by atoms with Gasteiger partial charge in [0.15, 0.2) is 0 Å². The van der Waals surface area contributed by atoms with Crippen LogP contribution in [0.5, 0.6) is 5.75 Å². The average molecular weight is 342 g/mol. The van der Waals surface area contributed by atoms with Crippen LogP contribution in [0.15, 0.2) is 36.4 Å². The van der Waals surface area contributed by atoms with E-state index < -0.39 is 5.82 Å². The molecule has 2 aromatic rings. The second kappa shape index (κ2) is 4.83. The third kappa shape index (κ3) is 2.46. The number of halogens is 2. The molecule has 0 atom stereocenters. The summed E-state index contributed by atoms with van der Waals surface area (Å²) in [6, 6.07) is 8.84. The molecular weight excluding hydrogens is 334 g/mol. The van der Waals surface area contributed by atoms with Gasteiger partial charge in [0.1, 0.15) is 17.9 Å². The maximum Gasteiger partial charge on any atom is 0.150 e. The van der Waals surface area contributed by atoms with Gasteiger partial charge in [-0.1, -0.05) is 12.1 Å². The van der Waals surface area contributed by atoms with Gasteiger partial charge in [0.2, 0.25) is 0 Å². The standard InChI is InChI=1S/C13H8FIO2/c14-12-4-2-9(17)6-11(12)10-3-1-8(7-16)5-13(10)15/h1-7,17H. The van der Waals surface area contributed by atoms with Crippen molar-refractivity contribution in [2.45, 2.75) is 0 Å². The Hall–Kier alpha value is -1.43. The highest BCUT2D eigenvalue weighted by molar-refractivity contribution is 14.1. The van der Waals surface area contributed by atoms with Crippen molar-refractivity contribution in [2.75, 3.05) is 0 Å². The van der Waals surface area contributed by atoms with Gasteiger partial charge >= 0.3 is 0 Å². The first-order chi connectivity index (χ1) is 8.11. The van der Waals surface area contributed by atoms with Crippen molar-refractivity contribution < 1.29 is 14.3 Å². The summed E-state index contributed by atoms with van der Waals surface area (Å²) in [4.78, 5) is 10.6. The molecule has 0 amide bonds. The molecule has 17 heavy (non-hydrogen) atoms. The fraction of sp³-hybridized carbons (Fsp3) is 0. The number of hydrogen-bond acceptors (Lipinski definition) is 2. The van der Waals surface area contributed by atoms with Gasteiger partial charge in [0.05, 0.1) is 0 Å². The molecule has 4 heteroatoms. The van der Waals surface area contributed by atoms with Crippen LogP contribution in [-0.2, 0) is 0 Å². The van der Waals surface area contributed by atoms with E-state index in [2.05, 4.69) is 0 Å². The number of phenolic OH excluding ortho intramolecular Hbond substituents is 1. The number of rotatable bonds is 2. The Kier molecular flexibility index (Phi) is 3.42. The lowest BCUT2D eigenvalue weighted by atomic mass is 10.0. The number of carbonyl (C=O) groups is 1. The number of hydrogen-bond donors (Lipinski definition) is 1. The smallest absolute Gasteiger partial charge is 0.150 e. The summed E-state index contributed by atoms with van der Waals surface area (Å²) in [5.41, 5.74) is 1.52. The fourth-order valence-corrected chi connectivity index (χ4v) is 2.37. The van der Waals surface area contributed by atoms with Crippen LogP contribution in [0.25, 0.3) is 11.1 Å². The van der Waals surface area contributed by atoms with Crippen molar-refractivity contribution in [3.05, 3.63) is 51.3 Å². The highest BCUT2D eigenvalue weighted by atomic mass is 127. The summed E-state index contributed by atoms with van der Waals surface area (Å²) >= 11 is 2.03. The zero-order valence-corrected chi connectivity index (χ0v) is 10.8. The van der Waals surface area contributed by atoms with Gasteiger partial charge in [-0.2, -0.15) is 0 Å². The lowest BCUT2D eigenvalue weighted by Gasteiger charge is -2.07. The Morgan fingerprint density at radius 3 is 2.53 bits per heavy atom. The molecule has 1 N–H and O–H groups in total. The summed E-state index contributed by atoms with van der Waals surface area (Å²) in [7, 11) is 0. The van der Waals surface area contributed by atoms with Crippen molar-refractivity contribution in [2.24, 2.45) is 0 Å². The zero-order chi connectivity index (χ0) is 12.4. The van der Waals surface area contributed by atoms with Crippen LogP contribution < -0.4 is 0 Å². The monoisotopic (exact) mass is 342 g/mol. The van der Waals surface area contributed by atoms with E-state index in [-0.39, 0.29) is 5.75 Å². The first-order valence-corrected chi connectivity index (χ1v) is 5.93. The van der Waals surface area contributed by atoms with Crippen molar-refractivity contribution in [3.8, 4) is 16.9 Å². The molecule has 2 aromatic carbocycles. The number of benzene rings is 2. The molecule has 0 unspecified atom stereocenters. The molecule has 0 saturated carbocycles. The Labute approximate surface area is 111 Å². The molecule has 0 heterocycles. The molecule has 0 aliphatic rings. The molecule has 0 bridgehead atoms. The second-order valence-electron chi connectivity index (χ2n) is 3.52. The van der Waals surface area contributed by atoms with E-state index >= 15 is 0 Å². The Balaban J connectivity index is 2.60. The van der Waals surface area contributed by atoms with Crippen LogP contribution >= 0.6 is 22.6 Å². The highest BCUT2D eigenvalue weighted by Crippen LogP contribution is 2.30. The highest BCUT2D eigenvalue weighted by Gasteiger charge is 2.10. The quantitative estimate of drug-likeness (QED) is 0.669. The molecule has 0 aliphatic carbocycles. The van der Waals surface area contributed by atoms with Crippen LogP contribution in [0, 0.1) is 9.39 Å². The van der Waals surface area contributed by atoms with E-state index in [0.29, 0.717) is 16.7 Å². The minimum absolute atomic E-state index is 0.0108. The van der Waals surface area contributed by atoms with Gasteiger partial charge in [0, 0.05) is 14.7 Å². The summed E-state index contributed by atoms with van der Waals surface area (Å²) in [5, 5.41) is 9.37. The van der Waals surface area contributed by atoms with Crippen molar-refractivity contribution in [3.63, 3.8) is 0 Å². The summed E-state index contributed by atoms with van der Waals surface area (Å²) in [6.45, 7) is 0. The van der Waals surface area contributed by atoms with E-state index in [9.17, 15) is 14.3 Å². The number of aromatic hydroxyl groups is 1. The number of carbonyl (C=O) groups excluding carboxylic acids is 1. The predicted octanol–water partition coefficient (Wildman–Crippen LogP) is 3.62. The lowest BCUT2D eigenvalue weighted by molar-refractivity contribution is 0.112. The van der Waals surface area contributed by atoms with Crippen LogP contribution in [0.1, 0.15) is 10.4 Å². The molecule has 0 aliphatic heterocycles. The Morgan fingerprint density at radius 1 is 1.12 bits per heavy atom. The molecule has 0 fully saturated rings. The van der Waals surface area contributed by atoms with Gasteiger partial charge in [-0.3, -0.25) is 4.79 Å². The van der Waals surface area contributed by atoms with Crippen molar-refractivity contribution in [1.82, 2.24) is 0 Å². The third-order valence-electron chi connectivity index (χ3n) is 2.37. The number of phenols is 1. The molecule has 0 radical (unpaired) electrons. The van der Waals surface area contributed by atoms with Gasteiger partial charge in [0.25, 0.3) is 0 Å². The third-order valence-corrected chi connectivity index (χ3v) is 3.26. The Morgan fingerprint density at radius 2 is 1.88 bits per heavy atom. The molecule has 86 valence electrons. The Bertz CT molecular complexity index is 582. The molecule has 0 aromatic heterocycles. The van der Waals surface area contributed by atoms with Gasteiger partial charge in [-0.05, 0) is 52.4 Å². The van der Waals surface area contributed by atoms with Crippen molar-refractivity contribution >= 4 is 28.9 Å². The van der Waals surface area contributed by atoms with E-state index in [0.717, 1.165) is 9.86 Å². The molecule has 2 nitrogen and oxygen atoms in total. The molecular formula is C13H8FIO2. The first-order valence-electron chi connectivity index (χ1n) is 4.85. The predicted molar refractivity (Wildman–Crippen MR) is 71.6 cm³/mol. The maximum absolute atomic E-state index is 13.6. The minimum atomic E-state index is -0.403. The van der Waals surface area contributed by atoms with Crippen LogP contribution in [-0.4, -0.2) is 11.4 Å². The maximum atomic E-state index is 13.6. The molecule has 2 rings (SSSR count). The fourth-order valence-electron chi connectivity index (χ4n) is 1.54. The van der Waals surface area contributed by atoms with Gasteiger partial charge in [-0.15, -0.1) is 0 Å². The van der Waals surface area contributed by atoms with Crippen LogP contribution in [0.3, 0.4) is 0 Å². The van der Waals surface area contributed by atoms with Crippen LogP contribution in [0.4, 0.5) is 4.39 Å².